The summed E-state index contributed by atoms with van der Waals surface area (Å²) in [5, 5.41) is 5.34. The summed E-state index contributed by atoms with van der Waals surface area (Å²) in [6, 6.07) is 7.78. The summed E-state index contributed by atoms with van der Waals surface area (Å²) in [5.74, 6) is 0.638. The number of nitrogens with two attached hydrogens (primary N) is 1. The molecule has 0 bridgehead atoms. The Kier molecular flexibility index (Phi) is 3.44. The molecule has 1 amide bonds. The molecule has 1 saturated heterocycles. The molecule has 1 fully saturated rings. The predicted molar refractivity (Wildman–Crippen MR) is 78.4 cm³/mol. The topological polar surface area (TPSA) is 64.2 Å². The fourth-order valence-electron chi connectivity index (χ4n) is 2.92. The first-order valence-corrected chi connectivity index (χ1v) is 7.11. The smallest absolute Gasteiger partial charge is 0.272 e. The van der Waals surface area contributed by atoms with Crippen LogP contribution in [0.5, 0.6) is 0 Å². The van der Waals surface area contributed by atoms with Gasteiger partial charge in [0, 0.05) is 25.5 Å². The van der Waals surface area contributed by atoms with E-state index in [4.69, 9.17) is 5.73 Å². The molecule has 5 nitrogen and oxygen atoms in total. The van der Waals surface area contributed by atoms with Gasteiger partial charge in [0.05, 0.1) is 5.52 Å². The zero-order chi connectivity index (χ0) is 14.1. The summed E-state index contributed by atoms with van der Waals surface area (Å²) in [7, 11) is 1.83. The largest absolute Gasteiger partial charge is 0.337 e. The molecule has 1 aromatic heterocycles. The lowest BCUT2D eigenvalue weighted by Gasteiger charge is -2.31. The van der Waals surface area contributed by atoms with E-state index in [1.165, 1.54) is 0 Å². The third kappa shape index (κ3) is 2.18. The number of fused-ring (bicyclic) bond motifs is 1. The van der Waals surface area contributed by atoms with Crippen LogP contribution in [0.25, 0.3) is 10.9 Å². The Bertz CT molecular complexity index is 626. The molecule has 0 unspecified atom stereocenters. The third-order valence-electron chi connectivity index (χ3n) is 4.18. The van der Waals surface area contributed by atoms with E-state index in [0.29, 0.717) is 11.6 Å². The molecular weight excluding hydrogens is 252 g/mol. The molecule has 0 aliphatic carbocycles. The summed E-state index contributed by atoms with van der Waals surface area (Å²) < 4.78 is 1.70. The van der Waals surface area contributed by atoms with Gasteiger partial charge in [-0.3, -0.25) is 9.48 Å². The van der Waals surface area contributed by atoms with Crippen molar-refractivity contribution in [3.05, 3.63) is 30.0 Å². The minimum atomic E-state index is 0.0803. The monoisotopic (exact) mass is 272 g/mol. The number of carbonyl (C=O) groups is 1. The SMILES string of the molecule is Cn1nc2ccccc2c1C(=O)N1CCC(CN)CC1. The van der Waals surface area contributed by atoms with Crippen LogP contribution in [0.3, 0.4) is 0 Å². The Hall–Kier alpha value is -1.88. The van der Waals surface area contributed by atoms with E-state index in [0.717, 1.165) is 43.4 Å². The number of benzene rings is 1. The number of likely N-dealkylation sites (tertiary alicyclic amines) is 1. The van der Waals surface area contributed by atoms with Crippen molar-refractivity contribution in [2.45, 2.75) is 12.8 Å². The van der Waals surface area contributed by atoms with Crippen molar-refractivity contribution in [3.63, 3.8) is 0 Å². The highest BCUT2D eigenvalue weighted by atomic mass is 16.2. The fourth-order valence-corrected chi connectivity index (χ4v) is 2.92. The zero-order valence-corrected chi connectivity index (χ0v) is 11.7. The highest BCUT2D eigenvalue weighted by Gasteiger charge is 2.26. The van der Waals surface area contributed by atoms with Gasteiger partial charge in [-0.2, -0.15) is 5.10 Å². The molecule has 1 aromatic carbocycles. The summed E-state index contributed by atoms with van der Waals surface area (Å²) in [6.07, 6.45) is 2.00. The molecule has 0 radical (unpaired) electrons. The Labute approximate surface area is 118 Å². The molecule has 5 heteroatoms. The Morgan fingerprint density at radius 3 is 2.75 bits per heavy atom. The van der Waals surface area contributed by atoms with Crippen LogP contribution in [0.2, 0.25) is 0 Å². The minimum absolute atomic E-state index is 0.0803. The van der Waals surface area contributed by atoms with Gasteiger partial charge in [-0.15, -0.1) is 0 Å². The van der Waals surface area contributed by atoms with E-state index in [2.05, 4.69) is 5.10 Å². The molecule has 2 N–H and O–H groups in total. The van der Waals surface area contributed by atoms with Crippen LogP contribution in [0.1, 0.15) is 23.3 Å². The average molecular weight is 272 g/mol. The molecule has 1 aliphatic heterocycles. The van der Waals surface area contributed by atoms with Crippen LogP contribution in [0, 0.1) is 5.92 Å². The second-order valence-electron chi connectivity index (χ2n) is 5.46. The van der Waals surface area contributed by atoms with E-state index < -0.39 is 0 Å². The van der Waals surface area contributed by atoms with Crippen molar-refractivity contribution in [2.24, 2.45) is 18.7 Å². The molecular formula is C15H20N4O. The fraction of sp³-hybridized carbons (Fsp3) is 0.467. The summed E-state index contributed by atoms with van der Waals surface area (Å²) >= 11 is 0. The maximum atomic E-state index is 12.7. The first-order chi connectivity index (χ1) is 9.70. The van der Waals surface area contributed by atoms with Crippen molar-refractivity contribution in [1.29, 1.82) is 0 Å². The molecule has 20 heavy (non-hydrogen) atoms. The standard InChI is InChI=1S/C15H20N4O/c1-18-14(12-4-2-3-5-13(12)17-18)15(20)19-8-6-11(10-16)7-9-19/h2-5,11H,6-10,16H2,1H3. The van der Waals surface area contributed by atoms with Crippen molar-refractivity contribution >= 4 is 16.8 Å². The first kappa shape index (κ1) is 13.1. The number of hydrogen-bond donors (Lipinski definition) is 1. The molecule has 1 aliphatic rings. The van der Waals surface area contributed by atoms with Gasteiger partial charge in [0.25, 0.3) is 5.91 Å². The van der Waals surface area contributed by atoms with Gasteiger partial charge in [0.15, 0.2) is 0 Å². The second kappa shape index (κ2) is 5.25. The van der Waals surface area contributed by atoms with E-state index in [1.54, 1.807) is 4.68 Å². The molecule has 3 rings (SSSR count). The van der Waals surface area contributed by atoms with Crippen molar-refractivity contribution in [2.75, 3.05) is 19.6 Å². The lowest BCUT2D eigenvalue weighted by Crippen LogP contribution is -2.40. The summed E-state index contributed by atoms with van der Waals surface area (Å²) in [6.45, 7) is 2.30. The summed E-state index contributed by atoms with van der Waals surface area (Å²) in [5.41, 5.74) is 7.26. The molecule has 2 aromatic rings. The number of rotatable bonds is 2. The van der Waals surface area contributed by atoms with E-state index in [9.17, 15) is 4.79 Å². The number of nitrogens with zero attached hydrogens (tertiary/aromatic N) is 3. The van der Waals surface area contributed by atoms with Gasteiger partial charge in [0.2, 0.25) is 0 Å². The van der Waals surface area contributed by atoms with Gasteiger partial charge < -0.3 is 10.6 Å². The van der Waals surface area contributed by atoms with E-state index in [1.807, 2.05) is 36.2 Å². The van der Waals surface area contributed by atoms with Gasteiger partial charge in [-0.1, -0.05) is 18.2 Å². The molecule has 0 saturated carbocycles. The van der Waals surface area contributed by atoms with Gasteiger partial charge in [-0.05, 0) is 31.4 Å². The normalized spacial score (nSPS) is 16.8. The number of hydrogen-bond acceptors (Lipinski definition) is 3. The number of carbonyl (C=O) groups excluding carboxylic acids is 1. The lowest BCUT2D eigenvalue weighted by atomic mass is 9.97. The quantitative estimate of drug-likeness (QED) is 0.898. The van der Waals surface area contributed by atoms with Crippen molar-refractivity contribution < 1.29 is 4.79 Å². The highest BCUT2D eigenvalue weighted by molar-refractivity contribution is 6.05. The van der Waals surface area contributed by atoms with Crippen LogP contribution in [-0.2, 0) is 7.05 Å². The van der Waals surface area contributed by atoms with Gasteiger partial charge in [0.1, 0.15) is 5.69 Å². The van der Waals surface area contributed by atoms with Crippen LogP contribution in [0.4, 0.5) is 0 Å². The summed E-state index contributed by atoms with van der Waals surface area (Å²) in [4.78, 5) is 14.7. The minimum Gasteiger partial charge on any atom is -0.337 e. The van der Waals surface area contributed by atoms with E-state index in [-0.39, 0.29) is 5.91 Å². The Balaban J connectivity index is 1.88. The maximum absolute atomic E-state index is 12.7. The number of aryl methyl sites for hydroxylation is 1. The zero-order valence-electron chi connectivity index (χ0n) is 11.7. The van der Waals surface area contributed by atoms with E-state index >= 15 is 0 Å². The number of aromatic nitrogens is 2. The van der Waals surface area contributed by atoms with Crippen LogP contribution in [0.15, 0.2) is 24.3 Å². The molecule has 106 valence electrons. The molecule has 0 atom stereocenters. The third-order valence-corrected chi connectivity index (χ3v) is 4.18. The van der Waals surface area contributed by atoms with Gasteiger partial charge in [-0.25, -0.2) is 0 Å². The van der Waals surface area contributed by atoms with Gasteiger partial charge >= 0.3 is 0 Å². The lowest BCUT2D eigenvalue weighted by molar-refractivity contribution is 0.0684. The number of piperidine rings is 1. The van der Waals surface area contributed by atoms with Crippen LogP contribution < -0.4 is 5.73 Å². The molecule has 2 heterocycles. The second-order valence-corrected chi connectivity index (χ2v) is 5.46. The predicted octanol–water partition coefficient (Wildman–Crippen LogP) is 1.38. The van der Waals surface area contributed by atoms with Crippen molar-refractivity contribution in [3.8, 4) is 0 Å². The van der Waals surface area contributed by atoms with Crippen molar-refractivity contribution in [1.82, 2.24) is 14.7 Å². The van der Waals surface area contributed by atoms with Crippen LogP contribution >= 0.6 is 0 Å². The van der Waals surface area contributed by atoms with Crippen LogP contribution in [-0.4, -0.2) is 40.2 Å². The Morgan fingerprint density at radius 1 is 1.35 bits per heavy atom. The first-order valence-electron chi connectivity index (χ1n) is 7.11. The Morgan fingerprint density at radius 2 is 2.05 bits per heavy atom. The molecule has 0 spiro atoms. The maximum Gasteiger partial charge on any atom is 0.272 e. The average Bonchev–Trinajstić information content (AvgIpc) is 2.82. The number of amides is 1. The highest BCUT2D eigenvalue weighted by Crippen LogP contribution is 2.22.